The molecule has 0 amide bonds. The highest BCUT2D eigenvalue weighted by atomic mass is 35.5. The van der Waals surface area contributed by atoms with Gasteiger partial charge < -0.3 is 10.1 Å². The van der Waals surface area contributed by atoms with Crippen molar-refractivity contribution < 1.29 is 18.3 Å². The summed E-state index contributed by atoms with van der Waals surface area (Å²) in [5, 5.41) is 11.1. The van der Waals surface area contributed by atoms with Crippen LogP contribution in [0.2, 0.25) is 5.02 Å². The number of imidazole rings is 1. The molecule has 5 aromatic rings. The van der Waals surface area contributed by atoms with E-state index in [4.69, 9.17) is 11.6 Å². The van der Waals surface area contributed by atoms with E-state index in [2.05, 4.69) is 9.97 Å². The van der Waals surface area contributed by atoms with Gasteiger partial charge in [0.25, 0.3) is 0 Å². The normalized spacial score (nSPS) is 18.9. The van der Waals surface area contributed by atoms with E-state index in [0.717, 1.165) is 26.5 Å². The van der Waals surface area contributed by atoms with Crippen molar-refractivity contribution in [1.82, 2.24) is 14.3 Å². The van der Waals surface area contributed by atoms with Crippen molar-refractivity contribution in [1.29, 1.82) is 0 Å². The number of para-hydroxylation sites is 2. The van der Waals surface area contributed by atoms with Crippen molar-refractivity contribution in [3.05, 3.63) is 120 Å². The second-order valence-corrected chi connectivity index (χ2v) is 11.9. The molecule has 1 aliphatic rings. The van der Waals surface area contributed by atoms with Crippen LogP contribution in [-0.4, -0.2) is 39.3 Å². The van der Waals surface area contributed by atoms with Crippen molar-refractivity contribution in [2.75, 3.05) is 0 Å². The average molecular weight is 558 g/mol. The molecule has 0 bridgehead atoms. The van der Waals surface area contributed by atoms with Crippen molar-refractivity contribution in [3.8, 4) is 11.1 Å². The maximum absolute atomic E-state index is 14.2. The zero-order valence-corrected chi connectivity index (χ0v) is 22.2. The Bertz CT molecular complexity index is 1740. The maximum atomic E-state index is 14.2. The number of carboxylic acids is 1. The lowest BCUT2D eigenvalue weighted by Crippen LogP contribution is -2.48. The number of nitrogens with zero attached hydrogens (tertiary/aromatic N) is 2. The van der Waals surface area contributed by atoms with Gasteiger partial charge in [-0.15, -0.1) is 0 Å². The summed E-state index contributed by atoms with van der Waals surface area (Å²) in [5.41, 5.74) is 2.26. The first-order valence-electron chi connectivity index (χ1n) is 12.4. The van der Waals surface area contributed by atoms with E-state index >= 15 is 0 Å². The molecule has 1 aliphatic carbocycles. The van der Waals surface area contributed by atoms with Crippen molar-refractivity contribution >= 4 is 38.6 Å². The van der Waals surface area contributed by atoms with Crippen LogP contribution in [0, 0.1) is 0 Å². The molecule has 1 fully saturated rings. The first-order chi connectivity index (χ1) is 18.8. The summed E-state index contributed by atoms with van der Waals surface area (Å²) in [7, 11) is -4.25. The lowest BCUT2D eigenvalue weighted by Gasteiger charge is -2.29. The topological polar surface area (TPSA) is 103 Å². The molecule has 1 aromatic heterocycles. The van der Waals surface area contributed by atoms with E-state index < -0.39 is 27.4 Å². The Balaban J connectivity index is 1.42. The Morgan fingerprint density at radius 1 is 0.923 bits per heavy atom. The number of carbonyl (C=O) groups is 1. The number of aromatic nitrogens is 2. The Labute approximate surface area is 230 Å². The number of H-pyrrole nitrogens is 1. The van der Waals surface area contributed by atoms with Crippen LogP contribution in [0.1, 0.15) is 23.7 Å². The Morgan fingerprint density at radius 3 is 2.18 bits per heavy atom. The third-order valence-electron chi connectivity index (χ3n) is 7.30. The maximum Gasteiger partial charge on any atom is 0.325 e. The molecule has 9 heteroatoms. The lowest BCUT2D eigenvalue weighted by molar-refractivity contribution is -0.143. The van der Waals surface area contributed by atoms with Crippen LogP contribution in [0.3, 0.4) is 0 Å². The van der Waals surface area contributed by atoms with E-state index in [0.29, 0.717) is 16.4 Å². The van der Waals surface area contributed by atoms with Gasteiger partial charge in [-0.3, -0.25) is 4.79 Å². The van der Waals surface area contributed by atoms with Crippen LogP contribution in [0.4, 0.5) is 0 Å². The molecule has 0 saturated heterocycles. The number of nitrogens with one attached hydrogen (secondary N) is 1. The highest BCUT2D eigenvalue weighted by Gasteiger charge is 2.68. The van der Waals surface area contributed by atoms with E-state index in [9.17, 15) is 18.3 Å². The highest BCUT2D eigenvalue weighted by Crippen LogP contribution is 2.57. The molecule has 1 saturated carbocycles. The van der Waals surface area contributed by atoms with E-state index in [1.807, 2.05) is 66.7 Å². The predicted octanol–water partition coefficient (Wildman–Crippen LogP) is 6.09. The summed E-state index contributed by atoms with van der Waals surface area (Å²) < 4.78 is 29.5. The number of fused-ring (bicyclic) bond motifs is 1. The summed E-state index contributed by atoms with van der Waals surface area (Å²) in [4.78, 5) is 20.6. The molecule has 196 valence electrons. The van der Waals surface area contributed by atoms with Crippen molar-refractivity contribution in [2.45, 2.75) is 29.3 Å². The molecule has 1 heterocycles. The van der Waals surface area contributed by atoms with E-state index in [-0.39, 0.29) is 17.9 Å². The number of rotatable bonds is 8. The monoisotopic (exact) mass is 557 g/mol. The SMILES string of the molecule is O=C(O)C1(N(Cc2nc3ccccc3[nH]2)S(=O)(=O)c2ccc(-c3ccc(Cl)cc3)cc2)CC1c1ccccc1. The summed E-state index contributed by atoms with van der Waals surface area (Å²) >= 11 is 6.00. The predicted molar refractivity (Wildman–Crippen MR) is 150 cm³/mol. The molecule has 6 rings (SSSR count). The fourth-order valence-corrected chi connectivity index (χ4v) is 7.06. The Morgan fingerprint density at radius 2 is 1.54 bits per heavy atom. The third kappa shape index (κ3) is 4.50. The van der Waals surface area contributed by atoms with Crippen LogP contribution in [0.5, 0.6) is 0 Å². The minimum absolute atomic E-state index is 0.00987. The molecule has 0 radical (unpaired) electrons. The number of carboxylic acid groups (broad SMARTS) is 1. The molecular weight excluding hydrogens is 534 g/mol. The number of halogens is 1. The molecule has 4 aromatic carbocycles. The van der Waals surface area contributed by atoms with Crippen molar-refractivity contribution in [3.63, 3.8) is 0 Å². The third-order valence-corrected chi connectivity index (χ3v) is 9.46. The first kappa shape index (κ1) is 25.3. The van der Waals surface area contributed by atoms with Gasteiger partial charge in [0.2, 0.25) is 10.0 Å². The van der Waals surface area contributed by atoms with Gasteiger partial charge in [-0.1, -0.05) is 78.3 Å². The van der Waals surface area contributed by atoms with Crippen LogP contribution in [0.15, 0.2) is 108 Å². The van der Waals surface area contributed by atoms with Crippen LogP contribution in [-0.2, 0) is 21.4 Å². The van der Waals surface area contributed by atoms with Gasteiger partial charge in [-0.25, -0.2) is 13.4 Å². The lowest BCUT2D eigenvalue weighted by atomic mass is 10.1. The second kappa shape index (κ2) is 9.64. The van der Waals surface area contributed by atoms with E-state index in [1.165, 1.54) is 12.1 Å². The Hall–Kier alpha value is -3.98. The summed E-state index contributed by atoms with van der Waals surface area (Å²) in [6, 6.07) is 30.2. The fourth-order valence-electron chi connectivity index (χ4n) is 5.20. The number of aromatic amines is 1. The molecule has 39 heavy (non-hydrogen) atoms. The number of sulfonamides is 1. The molecule has 2 N–H and O–H groups in total. The van der Waals surface area contributed by atoms with Gasteiger partial charge in [-0.2, -0.15) is 4.31 Å². The molecule has 0 aliphatic heterocycles. The van der Waals surface area contributed by atoms with Gasteiger partial charge in [0.1, 0.15) is 11.4 Å². The van der Waals surface area contributed by atoms with Crippen LogP contribution in [0.25, 0.3) is 22.2 Å². The zero-order valence-electron chi connectivity index (χ0n) is 20.7. The standard InChI is InChI=1S/C30H24ClN3O4S/c31-23-14-10-20(11-15-23)21-12-16-24(17-13-21)39(37,38)34(19-28-32-26-8-4-5-9-27(26)33-28)30(29(35)36)18-25(30)22-6-2-1-3-7-22/h1-17,25H,18-19H2,(H,32,33)(H,35,36). The number of benzene rings is 4. The first-order valence-corrected chi connectivity index (χ1v) is 14.2. The largest absolute Gasteiger partial charge is 0.480 e. The smallest absolute Gasteiger partial charge is 0.325 e. The minimum atomic E-state index is -4.25. The van der Waals surface area contributed by atoms with Crippen molar-refractivity contribution in [2.24, 2.45) is 0 Å². The van der Waals surface area contributed by atoms with Gasteiger partial charge in [0.15, 0.2) is 0 Å². The zero-order chi connectivity index (χ0) is 27.2. The van der Waals surface area contributed by atoms with Crippen LogP contribution >= 0.6 is 11.6 Å². The van der Waals surface area contributed by atoms with E-state index in [1.54, 1.807) is 24.3 Å². The number of hydrogen-bond acceptors (Lipinski definition) is 4. The van der Waals surface area contributed by atoms with Gasteiger partial charge in [0, 0.05) is 10.9 Å². The molecule has 0 spiro atoms. The molecule has 2 unspecified atom stereocenters. The average Bonchev–Trinajstić information content (AvgIpc) is 3.57. The van der Waals surface area contributed by atoms with Gasteiger partial charge in [-0.05, 0) is 59.5 Å². The van der Waals surface area contributed by atoms with Crippen LogP contribution < -0.4 is 0 Å². The van der Waals surface area contributed by atoms with Gasteiger partial charge in [0.05, 0.1) is 22.5 Å². The highest BCUT2D eigenvalue weighted by molar-refractivity contribution is 7.89. The van der Waals surface area contributed by atoms with Gasteiger partial charge >= 0.3 is 5.97 Å². The molecular formula is C30H24ClN3O4S. The molecule has 2 atom stereocenters. The number of hydrogen-bond donors (Lipinski definition) is 2. The summed E-state index contributed by atoms with van der Waals surface area (Å²) in [5.74, 6) is -1.31. The summed E-state index contributed by atoms with van der Waals surface area (Å²) in [6.07, 6.45) is 0.161. The minimum Gasteiger partial charge on any atom is -0.480 e. The second-order valence-electron chi connectivity index (χ2n) is 9.64. The summed E-state index contributed by atoms with van der Waals surface area (Å²) in [6.45, 7) is -0.217. The Kier molecular flexibility index (Phi) is 6.26. The molecule has 7 nitrogen and oxygen atoms in total. The fraction of sp³-hybridized carbons (Fsp3) is 0.133. The number of aliphatic carboxylic acids is 1. The quantitative estimate of drug-likeness (QED) is 0.240.